The first kappa shape index (κ1) is 13.5. The van der Waals surface area contributed by atoms with Gasteiger partial charge in [0.25, 0.3) is 0 Å². The van der Waals surface area contributed by atoms with Crippen LogP contribution in [0.2, 0.25) is 0 Å². The van der Waals surface area contributed by atoms with Crippen LogP contribution in [0.4, 0.5) is 5.69 Å². The molecule has 0 radical (unpaired) electrons. The van der Waals surface area contributed by atoms with Crippen molar-refractivity contribution >= 4 is 11.6 Å². The van der Waals surface area contributed by atoms with Gasteiger partial charge in [0.05, 0.1) is 5.92 Å². The van der Waals surface area contributed by atoms with Crippen LogP contribution in [0.1, 0.15) is 32.3 Å². The average molecular weight is 272 g/mol. The lowest BCUT2D eigenvalue weighted by Crippen LogP contribution is -2.45. The van der Waals surface area contributed by atoms with Crippen LogP contribution in [-0.4, -0.2) is 29.9 Å². The van der Waals surface area contributed by atoms with Crippen molar-refractivity contribution in [3.05, 3.63) is 29.8 Å². The third-order valence-corrected chi connectivity index (χ3v) is 4.43. The molecule has 3 rings (SSSR count). The number of carbonyl (C=O) groups excluding carboxylic acids is 1. The summed E-state index contributed by atoms with van der Waals surface area (Å²) in [5.74, 6) is 1.17. The molecule has 1 aliphatic carbocycles. The number of nitrogens with zero attached hydrogens (tertiary/aromatic N) is 1. The fourth-order valence-electron chi connectivity index (χ4n) is 2.98. The molecule has 20 heavy (non-hydrogen) atoms. The molecule has 2 aliphatic rings. The predicted molar refractivity (Wildman–Crippen MR) is 81.7 cm³/mol. The molecule has 1 aliphatic heterocycles. The standard InChI is InChI=1S/C17H24N2O/c1-12(2)19(11-13-7-8-13)17(20)15-9-14-5-3-4-6-16(14)18-10-15/h3-6,12-13,15,18H,7-11H2,1-2H3. The van der Waals surface area contributed by atoms with E-state index < -0.39 is 0 Å². The van der Waals surface area contributed by atoms with Crippen molar-refractivity contribution in [2.45, 2.75) is 39.2 Å². The number of fused-ring (bicyclic) bond motifs is 1. The largest absolute Gasteiger partial charge is 0.384 e. The molecular weight excluding hydrogens is 248 g/mol. The molecule has 1 fully saturated rings. The summed E-state index contributed by atoms with van der Waals surface area (Å²) in [5, 5.41) is 3.41. The summed E-state index contributed by atoms with van der Waals surface area (Å²) in [4.78, 5) is 14.9. The Hall–Kier alpha value is -1.51. The molecule has 3 heteroatoms. The molecule has 0 spiro atoms. The highest BCUT2D eigenvalue weighted by Gasteiger charge is 2.33. The molecule has 0 saturated heterocycles. The molecule has 0 aromatic heterocycles. The average Bonchev–Trinajstić information content (AvgIpc) is 3.27. The SMILES string of the molecule is CC(C)N(CC1CC1)C(=O)C1CNc2ccccc2C1. The molecule has 1 saturated carbocycles. The third kappa shape index (κ3) is 2.82. The normalized spacial score (nSPS) is 21.2. The van der Waals surface area contributed by atoms with Crippen LogP contribution in [0.15, 0.2) is 24.3 Å². The smallest absolute Gasteiger partial charge is 0.228 e. The second-order valence-electron chi connectivity index (χ2n) is 6.47. The molecule has 1 heterocycles. The van der Waals surface area contributed by atoms with E-state index in [0.717, 1.165) is 25.4 Å². The zero-order valence-electron chi connectivity index (χ0n) is 12.4. The predicted octanol–water partition coefficient (Wildman–Crippen LogP) is 2.92. The van der Waals surface area contributed by atoms with E-state index in [1.54, 1.807) is 0 Å². The van der Waals surface area contributed by atoms with Crippen molar-refractivity contribution in [1.82, 2.24) is 4.90 Å². The maximum atomic E-state index is 12.8. The van der Waals surface area contributed by atoms with Crippen molar-refractivity contribution in [2.24, 2.45) is 11.8 Å². The Kier molecular flexibility index (Phi) is 3.68. The molecule has 1 aromatic carbocycles. The number of benzene rings is 1. The van der Waals surface area contributed by atoms with Crippen molar-refractivity contribution in [3.63, 3.8) is 0 Å². The second kappa shape index (κ2) is 5.47. The topological polar surface area (TPSA) is 32.3 Å². The molecular formula is C17H24N2O. The van der Waals surface area contributed by atoms with Gasteiger partial charge in [-0.15, -0.1) is 0 Å². The van der Waals surface area contributed by atoms with Crippen LogP contribution in [0.5, 0.6) is 0 Å². The zero-order chi connectivity index (χ0) is 14.1. The monoisotopic (exact) mass is 272 g/mol. The summed E-state index contributed by atoms with van der Waals surface area (Å²) in [6.07, 6.45) is 3.46. The Morgan fingerprint density at radius 2 is 2.10 bits per heavy atom. The van der Waals surface area contributed by atoms with Gasteiger partial charge in [0.1, 0.15) is 0 Å². The fraction of sp³-hybridized carbons (Fsp3) is 0.588. The number of amides is 1. The highest BCUT2D eigenvalue weighted by molar-refractivity contribution is 5.81. The van der Waals surface area contributed by atoms with E-state index in [2.05, 4.69) is 42.3 Å². The van der Waals surface area contributed by atoms with E-state index in [-0.39, 0.29) is 5.92 Å². The van der Waals surface area contributed by atoms with Gasteiger partial charge in [-0.3, -0.25) is 4.79 Å². The summed E-state index contributed by atoms with van der Waals surface area (Å²) in [5.41, 5.74) is 2.46. The molecule has 1 unspecified atom stereocenters. The number of hydrogen-bond donors (Lipinski definition) is 1. The van der Waals surface area contributed by atoms with Gasteiger partial charge in [-0.2, -0.15) is 0 Å². The minimum Gasteiger partial charge on any atom is -0.384 e. The molecule has 1 amide bonds. The van der Waals surface area contributed by atoms with Crippen molar-refractivity contribution in [1.29, 1.82) is 0 Å². The number of hydrogen-bond acceptors (Lipinski definition) is 2. The Morgan fingerprint density at radius 3 is 2.80 bits per heavy atom. The lowest BCUT2D eigenvalue weighted by atomic mass is 9.92. The van der Waals surface area contributed by atoms with E-state index in [1.165, 1.54) is 24.1 Å². The minimum absolute atomic E-state index is 0.0889. The van der Waals surface area contributed by atoms with Crippen molar-refractivity contribution in [2.75, 3.05) is 18.4 Å². The van der Waals surface area contributed by atoms with Crippen molar-refractivity contribution in [3.8, 4) is 0 Å². The summed E-state index contributed by atoms with van der Waals surface area (Å²) in [6, 6.07) is 8.63. The van der Waals surface area contributed by atoms with Gasteiger partial charge in [0.15, 0.2) is 0 Å². The van der Waals surface area contributed by atoms with E-state index in [4.69, 9.17) is 0 Å². The third-order valence-electron chi connectivity index (χ3n) is 4.43. The number of nitrogens with one attached hydrogen (secondary N) is 1. The maximum absolute atomic E-state index is 12.8. The van der Waals surface area contributed by atoms with Gasteiger partial charge in [-0.05, 0) is 50.7 Å². The van der Waals surface area contributed by atoms with Crippen molar-refractivity contribution < 1.29 is 4.79 Å². The number of carbonyl (C=O) groups is 1. The Morgan fingerprint density at radius 1 is 1.35 bits per heavy atom. The first-order chi connectivity index (χ1) is 9.65. The van der Waals surface area contributed by atoms with Gasteiger partial charge >= 0.3 is 0 Å². The summed E-state index contributed by atoms with van der Waals surface area (Å²) in [7, 11) is 0. The molecule has 1 aromatic rings. The van der Waals surface area contributed by atoms with Gasteiger partial charge in [0.2, 0.25) is 5.91 Å². The van der Waals surface area contributed by atoms with Crippen LogP contribution in [0, 0.1) is 11.8 Å². The Balaban J connectivity index is 1.70. The van der Waals surface area contributed by atoms with E-state index in [0.29, 0.717) is 11.9 Å². The lowest BCUT2D eigenvalue weighted by molar-refractivity contribution is -0.137. The highest BCUT2D eigenvalue weighted by Crippen LogP contribution is 2.32. The van der Waals surface area contributed by atoms with Crippen LogP contribution in [-0.2, 0) is 11.2 Å². The van der Waals surface area contributed by atoms with Crippen LogP contribution in [0.3, 0.4) is 0 Å². The Bertz CT molecular complexity index is 494. The number of para-hydroxylation sites is 1. The summed E-state index contributed by atoms with van der Waals surface area (Å²) in [6.45, 7) is 5.98. The van der Waals surface area contributed by atoms with E-state index in [9.17, 15) is 4.79 Å². The molecule has 3 nitrogen and oxygen atoms in total. The van der Waals surface area contributed by atoms with Crippen LogP contribution in [0.25, 0.3) is 0 Å². The first-order valence-electron chi connectivity index (χ1n) is 7.77. The fourth-order valence-corrected chi connectivity index (χ4v) is 2.98. The van der Waals surface area contributed by atoms with Gasteiger partial charge in [-0.25, -0.2) is 0 Å². The Labute approximate surface area is 121 Å². The molecule has 108 valence electrons. The van der Waals surface area contributed by atoms with Crippen LogP contribution < -0.4 is 5.32 Å². The summed E-state index contributed by atoms with van der Waals surface area (Å²) < 4.78 is 0. The molecule has 1 N–H and O–H groups in total. The van der Waals surface area contributed by atoms with Gasteiger partial charge in [-0.1, -0.05) is 18.2 Å². The highest BCUT2D eigenvalue weighted by atomic mass is 16.2. The molecule has 1 atom stereocenters. The number of rotatable bonds is 4. The maximum Gasteiger partial charge on any atom is 0.228 e. The first-order valence-corrected chi connectivity index (χ1v) is 7.77. The quantitative estimate of drug-likeness (QED) is 0.914. The van der Waals surface area contributed by atoms with Crippen LogP contribution >= 0.6 is 0 Å². The summed E-state index contributed by atoms with van der Waals surface area (Å²) >= 11 is 0. The lowest BCUT2D eigenvalue weighted by Gasteiger charge is -2.33. The molecule has 0 bridgehead atoms. The van der Waals surface area contributed by atoms with Gasteiger partial charge in [0, 0.05) is 24.8 Å². The zero-order valence-corrected chi connectivity index (χ0v) is 12.4. The number of anilines is 1. The minimum atomic E-state index is 0.0889. The second-order valence-corrected chi connectivity index (χ2v) is 6.47. The van der Waals surface area contributed by atoms with E-state index >= 15 is 0 Å². The van der Waals surface area contributed by atoms with E-state index in [1.807, 2.05) is 6.07 Å². The van der Waals surface area contributed by atoms with Gasteiger partial charge < -0.3 is 10.2 Å².